The average molecular weight is 273 g/mol. The summed E-state index contributed by atoms with van der Waals surface area (Å²) in [4.78, 5) is 9.49. The summed E-state index contributed by atoms with van der Waals surface area (Å²) in [5.74, 6) is -0.961. The second-order valence-electron chi connectivity index (χ2n) is 5.16. The maximum absolute atomic E-state index is 9.49. The smallest absolute Gasteiger partial charge is 0.0739 e. The fourth-order valence-corrected chi connectivity index (χ4v) is 1.87. The second kappa shape index (κ2) is 19.8. The van der Waals surface area contributed by atoms with Crippen LogP contribution in [0.3, 0.4) is 0 Å². The third-order valence-corrected chi connectivity index (χ3v) is 3.06. The molecule has 0 bridgehead atoms. The first-order chi connectivity index (χ1) is 9.18. The van der Waals surface area contributed by atoms with Crippen molar-refractivity contribution in [3.63, 3.8) is 0 Å². The van der Waals surface area contributed by atoms with Gasteiger partial charge in [0, 0.05) is 5.97 Å². The maximum Gasteiger partial charge on any atom is 0.0739 e. The van der Waals surface area contributed by atoms with Gasteiger partial charge in [-0.25, -0.2) is 0 Å². The van der Waals surface area contributed by atoms with E-state index >= 15 is 0 Å². The van der Waals surface area contributed by atoms with Crippen LogP contribution in [0.4, 0.5) is 0 Å². The van der Waals surface area contributed by atoms with Crippen LogP contribution >= 0.6 is 0 Å². The van der Waals surface area contributed by atoms with Crippen molar-refractivity contribution in [2.24, 2.45) is 0 Å². The highest BCUT2D eigenvalue weighted by atomic mass is 16.4. The summed E-state index contributed by atoms with van der Waals surface area (Å²) in [6, 6.07) is 0. The van der Waals surface area contributed by atoms with E-state index in [4.69, 9.17) is 0 Å². The minimum Gasteiger partial charge on any atom is -0.550 e. The van der Waals surface area contributed by atoms with E-state index in [9.17, 15) is 9.90 Å². The Bertz CT molecular complexity index is 162. The molecule has 0 fully saturated rings. The maximum atomic E-state index is 9.49. The molecule has 0 saturated heterocycles. The third kappa shape index (κ3) is 26.9. The molecule has 3 N–H and O–H groups in total. The number of carboxylic acids is 1. The summed E-state index contributed by atoms with van der Waals surface area (Å²) < 4.78 is 0. The monoisotopic (exact) mass is 273 g/mol. The van der Waals surface area contributed by atoms with Gasteiger partial charge in [0.2, 0.25) is 0 Å². The summed E-state index contributed by atoms with van der Waals surface area (Å²) in [7, 11) is 0. The van der Waals surface area contributed by atoms with Gasteiger partial charge in [-0.05, 0) is 19.3 Å². The fraction of sp³-hybridized carbons (Fsp3) is 0.938. The van der Waals surface area contributed by atoms with Gasteiger partial charge in [-0.2, -0.15) is 0 Å². The zero-order chi connectivity index (χ0) is 14.8. The molecule has 0 amide bonds. The van der Waals surface area contributed by atoms with Crippen LogP contribution in [0.15, 0.2) is 0 Å². The van der Waals surface area contributed by atoms with E-state index in [-0.39, 0.29) is 6.42 Å². The third-order valence-electron chi connectivity index (χ3n) is 3.06. The molecule has 0 saturated carbocycles. The Morgan fingerprint density at radius 2 is 1.21 bits per heavy atom. The first-order valence-electron chi connectivity index (χ1n) is 8.18. The summed E-state index contributed by atoms with van der Waals surface area (Å²) in [6.45, 7) is 5.20. The zero-order valence-corrected chi connectivity index (χ0v) is 13.2. The van der Waals surface area contributed by atoms with Gasteiger partial charge in [0.05, 0.1) is 6.54 Å². The fourth-order valence-electron chi connectivity index (χ4n) is 1.87. The molecule has 0 heterocycles. The molecule has 0 rings (SSSR count). The lowest BCUT2D eigenvalue weighted by atomic mass is 10.1. The molecule has 0 atom stereocenters. The van der Waals surface area contributed by atoms with Crippen molar-refractivity contribution < 1.29 is 15.6 Å². The molecule has 0 aliphatic heterocycles. The molecule has 0 aromatic heterocycles. The van der Waals surface area contributed by atoms with Gasteiger partial charge in [-0.15, -0.1) is 0 Å². The van der Waals surface area contributed by atoms with E-state index in [1.165, 1.54) is 64.2 Å². The molecular formula is C16H35NO2. The number of rotatable bonds is 12. The number of aliphatic carboxylic acids is 1. The van der Waals surface area contributed by atoms with Gasteiger partial charge in [-0.3, -0.25) is 0 Å². The predicted octanol–water partition coefficient (Wildman–Crippen LogP) is 2.69. The number of unbranched alkanes of at least 4 members (excludes halogenated alkanes) is 9. The van der Waals surface area contributed by atoms with Crippen molar-refractivity contribution in [3.8, 4) is 0 Å². The van der Waals surface area contributed by atoms with Gasteiger partial charge in [0.1, 0.15) is 0 Å². The molecule has 116 valence electrons. The molecule has 0 aliphatic rings. The first kappa shape index (κ1) is 20.7. The Balaban J connectivity index is 0. The topological polar surface area (TPSA) is 67.8 Å². The molecule has 19 heavy (non-hydrogen) atoms. The lowest BCUT2D eigenvalue weighted by Gasteiger charge is -2.00. The molecule has 0 radical (unpaired) electrons. The van der Waals surface area contributed by atoms with Crippen LogP contribution in [0.1, 0.15) is 90.9 Å². The second-order valence-corrected chi connectivity index (χ2v) is 5.16. The van der Waals surface area contributed by atoms with E-state index in [0.717, 1.165) is 6.54 Å². The van der Waals surface area contributed by atoms with Crippen molar-refractivity contribution in [1.82, 2.24) is 0 Å². The van der Waals surface area contributed by atoms with Crippen molar-refractivity contribution in [2.45, 2.75) is 90.9 Å². The van der Waals surface area contributed by atoms with E-state index in [0.29, 0.717) is 6.42 Å². The molecule has 0 aliphatic carbocycles. The number of carbonyl (C=O) groups is 1. The predicted molar refractivity (Wildman–Crippen MR) is 79.5 cm³/mol. The van der Waals surface area contributed by atoms with Crippen LogP contribution in [-0.2, 0) is 4.79 Å². The van der Waals surface area contributed by atoms with Gasteiger partial charge >= 0.3 is 0 Å². The summed E-state index contributed by atoms with van der Waals surface area (Å²) in [5, 5.41) is 9.49. The van der Waals surface area contributed by atoms with Gasteiger partial charge in [0.25, 0.3) is 0 Å². The highest BCUT2D eigenvalue weighted by Crippen LogP contribution is 2.09. The Labute approximate surface area is 120 Å². The zero-order valence-electron chi connectivity index (χ0n) is 13.2. The van der Waals surface area contributed by atoms with E-state index < -0.39 is 5.97 Å². The lowest BCUT2D eigenvalue weighted by Crippen LogP contribution is -2.50. The van der Waals surface area contributed by atoms with E-state index in [2.05, 4.69) is 12.7 Å². The number of quaternary nitrogens is 1. The van der Waals surface area contributed by atoms with Crippen molar-refractivity contribution >= 4 is 5.97 Å². The van der Waals surface area contributed by atoms with Gasteiger partial charge in [-0.1, -0.05) is 71.6 Å². The van der Waals surface area contributed by atoms with Crippen LogP contribution < -0.4 is 10.8 Å². The van der Waals surface area contributed by atoms with Crippen LogP contribution in [0, 0.1) is 0 Å². The normalized spacial score (nSPS) is 9.84. The Hall–Kier alpha value is -0.570. The molecule has 3 nitrogen and oxygen atoms in total. The summed E-state index contributed by atoms with van der Waals surface area (Å²) in [5.41, 5.74) is 3.85. The van der Waals surface area contributed by atoms with Gasteiger partial charge < -0.3 is 15.6 Å². The summed E-state index contributed by atoms with van der Waals surface area (Å²) in [6.07, 6.45) is 15.1. The van der Waals surface area contributed by atoms with Crippen molar-refractivity contribution in [2.75, 3.05) is 6.54 Å². The summed E-state index contributed by atoms with van der Waals surface area (Å²) >= 11 is 0. The average Bonchev–Trinajstić information content (AvgIpc) is 2.37. The Kier molecular flexibility index (Phi) is 21.6. The molecule has 0 unspecified atom stereocenters. The van der Waals surface area contributed by atoms with Crippen molar-refractivity contribution in [1.29, 1.82) is 0 Å². The number of carboxylic acid groups (broad SMARTS) is 1. The van der Waals surface area contributed by atoms with Crippen LogP contribution in [-0.4, -0.2) is 12.5 Å². The van der Waals surface area contributed by atoms with Crippen LogP contribution in [0.2, 0.25) is 0 Å². The largest absolute Gasteiger partial charge is 0.550 e. The molecule has 0 aromatic carbocycles. The first-order valence-corrected chi connectivity index (χ1v) is 8.18. The number of carbonyl (C=O) groups excluding carboxylic acids is 1. The molecule has 0 spiro atoms. The minimum atomic E-state index is -0.961. The minimum absolute atomic E-state index is 0.181. The highest BCUT2D eigenvalue weighted by Gasteiger charge is 1.91. The molecular weight excluding hydrogens is 238 g/mol. The van der Waals surface area contributed by atoms with Gasteiger partial charge in [0.15, 0.2) is 0 Å². The molecule has 3 heteroatoms. The van der Waals surface area contributed by atoms with Crippen LogP contribution in [0.5, 0.6) is 0 Å². The SMILES string of the molecule is CCCC(=O)[O-].CCCCCCCCCCCC[NH3+]. The Morgan fingerprint density at radius 3 is 1.47 bits per heavy atom. The standard InChI is InChI=1S/C12H27N.C4H8O2/c1-2-3-4-5-6-7-8-9-10-11-12-13;1-2-3-4(5)6/h2-13H2,1H3;2-3H2,1H3,(H,5,6). The Morgan fingerprint density at radius 1 is 0.789 bits per heavy atom. The highest BCUT2D eigenvalue weighted by molar-refractivity contribution is 5.63. The quantitative estimate of drug-likeness (QED) is 0.555. The van der Waals surface area contributed by atoms with E-state index in [1.54, 1.807) is 6.92 Å². The van der Waals surface area contributed by atoms with Crippen LogP contribution in [0.25, 0.3) is 0 Å². The van der Waals surface area contributed by atoms with Crippen molar-refractivity contribution in [3.05, 3.63) is 0 Å². The lowest BCUT2D eigenvalue weighted by molar-refractivity contribution is -0.368. The number of hydrogen-bond acceptors (Lipinski definition) is 2. The van der Waals surface area contributed by atoms with E-state index in [1.807, 2.05) is 0 Å². The molecule has 0 aromatic rings. The number of hydrogen-bond donors (Lipinski definition) is 1.